The minimum absolute atomic E-state index is 0.0984. The van der Waals surface area contributed by atoms with Crippen molar-refractivity contribution in [3.05, 3.63) is 34.7 Å². The topological polar surface area (TPSA) is 76.2 Å². The van der Waals surface area contributed by atoms with Crippen LogP contribution in [0.5, 0.6) is 0 Å². The van der Waals surface area contributed by atoms with E-state index in [9.17, 15) is 4.79 Å². The Kier molecular flexibility index (Phi) is 2.39. The minimum atomic E-state index is -1.11. The molecule has 0 amide bonds. The summed E-state index contributed by atoms with van der Waals surface area (Å²) in [7, 11) is 0. The van der Waals surface area contributed by atoms with Gasteiger partial charge >= 0.3 is 5.97 Å². The van der Waals surface area contributed by atoms with Crippen LogP contribution in [0.4, 0.5) is 5.69 Å². The van der Waals surface area contributed by atoms with E-state index in [4.69, 9.17) is 10.8 Å². The molecule has 4 nitrogen and oxygen atoms in total. The lowest BCUT2D eigenvalue weighted by Gasteiger charge is -2.02. The summed E-state index contributed by atoms with van der Waals surface area (Å²) in [6.45, 7) is 0. The highest BCUT2D eigenvalue weighted by Gasteiger charge is 2.11. The first-order valence-corrected chi connectivity index (χ1v) is 5.15. The zero-order valence-corrected chi connectivity index (χ0v) is 8.49. The third kappa shape index (κ3) is 1.82. The summed E-state index contributed by atoms with van der Waals surface area (Å²) < 4.78 is 0. The molecule has 2 heterocycles. The van der Waals surface area contributed by atoms with Crippen molar-refractivity contribution in [1.82, 2.24) is 4.98 Å². The van der Waals surface area contributed by atoms with Crippen LogP contribution >= 0.6 is 11.3 Å². The van der Waals surface area contributed by atoms with Crippen LogP contribution in [0.2, 0.25) is 0 Å². The second kappa shape index (κ2) is 3.70. The number of nitrogens with two attached hydrogens (primary N) is 1. The highest BCUT2D eigenvalue weighted by Crippen LogP contribution is 2.22. The molecule has 0 atom stereocenters. The molecule has 2 aromatic rings. The molecule has 0 aliphatic heterocycles. The first-order chi connectivity index (χ1) is 7.18. The summed E-state index contributed by atoms with van der Waals surface area (Å²) in [5, 5.41) is 12.7. The molecular formula is C10H8N2O2S. The molecular weight excluding hydrogens is 212 g/mol. The number of anilines is 1. The summed E-state index contributed by atoms with van der Waals surface area (Å²) >= 11 is 1.53. The van der Waals surface area contributed by atoms with Crippen molar-refractivity contribution in [3.63, 3.8) is 0 Å². The van der Waals surface area contributed by atoms with E-state index >= 15 is 0 Å². The van der Waals surface area contributed by atoms with Crippen LogP contribution in [0.25, 0.3) is 11.3 Å². The molecule has 2 aromatic heterocycles. The van der Waals surface area contributed by atoms with Crippen LogP contribution in [-0.4, -0.2) is 16.1 Å². The normalized spacial score (nSPS) is 10.1. The number of rotatable bonds is 2. The fourth-order valence-corrected chi connectivity index (χ4v) is 1.86. The van der Waals surface area contributed by atoms with Gasteiger partial charge in [-0.1, -0.05) is 0 Å². The van der Waals surface area contributed by atoms with E-state index in [1.807, 2.05) is 16.8 Å². The van der Waals surface area contributed by atoms with E-state index in [0.29, 0.717) is 5.69 Å². The lowest BCUT2D eigenvalue weighted by Crippen LogP contribution is -2.05. The Bertz CT molecular complexity index is 494. The summed E-state index contributed by atoms with van der Waals surface area (Å²) in [4.78, 5) is 14.8. The summed E-state index contributed by atoms with van der Waals surface area (Å²) in [6.07, 6.45) is 0. The highest BCUT2D eigenvalue weighted by atomic mass is 32.1. The Balaban J connectivity index is 2.52. The summed E-state index contributed by atoms with van der Waals surface area (Å²) in [5.74, 6) is -1.11. The fraction of sp³-hybridized carbons (Fsp3) is 0. The van der Waals surface area contributed by atoms with Gasteiger partial charge in [0.15, 0.2) is 5.69 Å². The van der Waals surface area contributed by atoms with Gasteiger partial charge in [0.05, 0.1) is 11.4 Å². The van der Waals surface area contributed by atoms with Gasteiger partial charge in [-0.3, -0.25) is 0 Å². The largest absolute Gasteiger partial charge is 0.476 e. The highest BCUT2D eigenvalue weighted by molar-refractivity contribution is 7.08. The molecule has 0 aromatic carbocycles. The molecule has 3 N–H and O–H groups in total. The summed E-state index contributed by atoms with van der Waals surface area (Å²) in [5.41, 5.74) is 7.12. The van der Waals surface area contributed by atoms with E-state index in [1.165, 1.54) is 11.3 Å². The van der Waals surface area contributed by atoms with Gasteiger partial charge in [0.1, 0.15) is 0 Å². The van der Waals surface area contributed by atoms with Crippen molar-refractivity contribution >= 4 is 23.0 Å². The third-order valence-electron chi connectivity index (χ3n) is 1.95. The molecule has 0 aliphatic carbocycles. The molecule has 76 valence electrons. The van der Waals surface area contributed by atoms with Gasteiger partial charge in [-0.25, -0.2) is 9.78 Å². The van der Waals surface area contributed by atoms with E-state index in [1.54, 1.807) is 12.1 Å². The predicted molar refractivity (Wildman–Crippen MR) is 58.9 cm³/mol. The first-order valence-electron chi connectivity index (χ1n) is 4.21. The number of carboxylic acids is 1. The maximum absolute atomic E-state index is 10.8. The number of aromatic carboxylic acids is 1. The van der Waals surface area contributed by atoms with Gasteiger partial charge in [0, 0.05) is 10.9 Å². The van der Waals surface area contributed by atoms with Crippen molar-refractivity contribution in [2.24, 2.45) is 0 Å². The minimum Gasteiger partial charge on any atom is -0.476 e. The Morgan fingerprint density at radius 2 is 2.20 bits per heavy atom. The maximum Gasteiger partial charge on any atom is 0.356 e. The fourth-order valence-electron chi connectivity index (χ4n) is 1.21. The van der Waals surface area contributed by atoms with Gasteiger partial charge in [-0.15, -0.1) is 0 Å². The second-order valence-corrected chi connectivity index (χ2v) is 3.73. The molecule has 0 saturated heterocycles. The molecule has 0 spiro atoms. The van der Waals surface area contributed by atoms with Crippen molar-refractivity contribution < 1.29 is 9.90 Å². The van der Waals surface area contributed by atoms with Gasteiger partial charge in [-0.2, -0.15) is 11.3 Å². The number of thiophene rings is 1. The molecule has 0 bridgehead atoms. The van der Waals surface area contributed by atoms with E-state index in [-0.39, 0.29) is 11.4 Å². The Labute approximate surface area is 90.0 Å². The standard InChI is InChI=1S/C10H8N2O2S/c11-7-1-2-8(6-3-4-15-5-6)12-9(7)10(13)14/h1-5H,11H2,(H,13,14). The number of aromatic nitrogens is 1. The van der Waals surface area contributed by atoms with Gasteiger partial charge in [-0.05, 0) is 23.6 Å². The number of carbonyl (C=O) groups is 1. The molecule has 2 rings (SSSR count). The van der Waals surface area contributed by atoms with Crippen molar-refractivity contribution in [1.29, 1.82) is 0 Å². The second-order valence-electron chi connectivity index (χ2n) is 2.95. The smallest absolute Gasteiger partial charge is 0.356 e. The van der Waals surface area contributed by atoms with Crippen molar-refractivity contribution in [2.75, 3.05) is 5.73 Å². The molecule has 15 heavy (non-hydrogen) atoms. The van der Waals surface area contributed by atoms with Crippen LogP contribution in [0.1, 0.15) is 10.5 Å². The van der Waals surface area contributed by atoms with Crippen LogP contribution in [0, 0.1) is 0 Å². The molecule has 0 aliphatic rings. The Hall–Kier alpha value is -1.88. The maximum atomic E-state index is 10.8. The Morgan fingerprint density at radius 3 is 2.80 bits per heavy atom. The molecule has 5 heteroatoms. The lowest BCUT2D eigenvalue weighted by atomic mass is 10.2. The number of nitrogens with zero attached hydrogens (tertiary/aromatic N) is 1. The van der Waals surface area contributed by atoms with Crippen molar-refractivity contribution in [3.8, 4) is 11.3 Å². The monoisotopic (exact) mass is 220 g/mol. The van der Waals surface area contributed by atoms with Crippen molar-refractivity contribution in [2.45, 2.75) is 0 Å². The van der Waals surface area contributed by atoms with Gasteiger partial charge in [0.25, 0.3) is 0 Å². The molecule has 0 unspecified atom stereocenters. The number of hydrogen-bond donors (Lipinski definition) is 2. The number of hydrogen-bond acceptors (Lipinski definition) is 4. The van der Waals surface area contributed by atoms with E-state index in [2.05, 4.69) is 4.98 Å². The number of carboxylic acid groups (broad SMARTS) is 1. The molecule has 0 saturated carbocycles. The average Bonchev–Trinajstić information content (AvgIpc) is 2.71. The lowest BCUT2D eigenvalue weighted by molar-refractivity contribution is 0.0692. The SMILES string of the molecule is Nc1ccc(-c2ccsc2)nc1C(=O)O. The first kappa shape index (κ1) is 9.67. The van der Waals surface area contributed by atoms with E-state index < -0.39 is 5.97 Å². The molecule has 0 fully saturated rings. The van der Waals surface area contributed by atoms with Crippen LogP contribution in [0.15, 0.2) is 29.0 Å². The van der Waals surface area contributed by atoms with Crippen LogP contribution in [-0.2, 0) is 0 Å². The third-order valence-corrected chi connectivity index (χ3v) is 2.63. The zero-order chi connectivity index (χ0) is 10.8. The number of nitrogen functional groups attached to an aromatic ring is 1. The Morgan fingerprint density at radius 1 is 1.40 bits per heavy atom. The predicted octanol–water partition coefficient (Wildman–Crippen LogP) is 2.09. The number of pyridine rings is 1. The van der Waals surface area contributed by atoms with E-state index in [0.717, 1.165) is 5.56 Å². The van der Waals surface area contributed by atoms with Crippen LogP contribution < -0.4 is 5.73 Å². The zero-order valence-electron chi connectivity index (χ0n) is 7.68. The van der Waals surface area contributed by atoms with Gasteiger partial charge < -0.3 is 10.8 Å². The average molecular weight is 220 g/mol. The van der Waals surface area contributed by atoms with Gasteiger partial charge in [0.2, 0.25) is 0 Å². The van der Waals surface area contributed by atoms with Crippen LogP contribution in [0.3, 0.4) is 0 Å². The molecule has 0 radical (unpaired) electrons. The summed E-state index contributed by atoms with van der Waals surface area (Å²) in [6, 6.07) is 5.15. The quantitative estimate of drug-likeness (QED) is 0.812.